The highest BCUT2D eigenvalue weighted by atomic mass is 35.5. The van der Waals surface area contributed by atoms with Gasteiger partial charge in [0.25, 0.3) is 0 Å². The number of nitrogens with one attached hydrogen (secondary N) is 2. The summed E-state index contributed by atoms with van der Waals surface area (Å²) in [7, 11) is 0. The van der Waals surface area contributed by atoms with E-state index in [0.717, 1.165) is 23.6 Å². The number of urea groups is 1. The van der Waals surface area contributed by atoms with Crippen LogP contribution in [0, 0.1) is 0 Å². The Bertz CT molecular complexity index is 640. The molecule has 1 saturated carbocycles. The normalized spacial score (nSPS) is 16.8. The molecule has 0 bridgehead atoms. The molecule has 1 aliphatic rings. The van der Waals surface area contributed by atoms with E-state index in [4.69, 9.17) is 11.6 Å². The number of carbonyl (C=O) groups excluding carboxylic acids is 1. The number of hydrogen-bond donors (Lipinski definition) is 2. The third kappa shape index (κ3) is 3.39. The molecule has 0 spiro atoms. The van der Waals surface area contributed by atoms with Gasteiger partial charge >= 0.3 is 6.03 Å². The fourth-order valence-electron chi connectivity index (χ4n) is 2.45. The van der Waals surface area contributed by atoms with Crippen molar-refractivity contribution in [3.63, 3.8) is 0 Å². The molecule has 1 aromatic carbocycles. The minimum Gasteiger partial charge on any atom is -0.337 e. The van der Waals surface area contributed by atoms with Crippen molar-refractivity contribution in [2.24, 2.45) is 0 Å². The first-order chi connectivity index (χ1) is 10.6. The van der Waals surface area contributed by atoms with E-state index in [-0.39, 0.29) is 17.5 Å². The Hall–Kier alpha value is -1.66. The van der Waals surface area contributed by atoms with E-state index < -0.39 is 0 Å². The van der Waals surface area contributed by atoms with Gasteiger partial charge in [-0.3, -0.25) is 0 Å². The molecule has 2 aromatic rings. The van der Waals surface area contributed by atoms with Gasteiger partial charge in [0.2, 0.25) is 0 Å². The molecular weight excluding hydrogens is 320 g/mol. The number of aromatic nitrogens is 2. The van der Waals surface area contributed by atoms with Crippen LogP contribution < -0.4 is 10.6 Å². The van der Waals surface area contributed by atoms with Crippen LogP contribution >= 0.6 is 23.1 Å². The largest absolute Gasteiger partial charge is 0.337 e. The maximum atomic E-state index is 12.0. The van der Waals surface area contributed by atoms with E-state index in [0.29, 0.717) is 6.54 Å². The highest BCUT2D eigenvalue weighted by Gasteiger charge is 2.44. The lowest BCUT2D eigenvalue weighted by atomic mass is 9.96. The van der Waals surface area contributed by atoms with Crippen LogP contribution in [-0.2, 0) is 5.41 Å². The Balaban J connectivity index is 1.54. The van der Waals surface area contributed by atoms with Crippen LogP contribution in [0.1, 0.15) is 37.1 Å². The van der Waals surface area contributed by atoms with E-state index in [1.165, 1.54) is 17.1 Å². The topological polar surface area (TPSA) is 66.9 Å². The molecule has 7 heteroatoms. The van der Waals surface area contributed by atoms with E-state index >= 15 is 0 Å². The van der Waals surface area contributed by atoms with Crippen LogP contribution in [-0.4, -0.2) is 22.2 Å². The standard InChI is InChI=1S/C15H17ClN4OS/c1-10(13-8-22-20-19-13)18-14(21)17-9-15(6-7-15)11-2-4-12(16)5-3-11/h2-5,8,10H,6-7,9H2,1H3,(H2,17,18,21). The first-order valence-corrected chi connectivity index (χ1v) is 8.38. The summed E-state index contributed by atoms with van der Waals surface area (Å²) in [6.07, 6.45) is 2.17. The van der Waals surface area contributed by atoms with Gasteiger partial charge < -0.3 is 10.6 Å². The lowest BCUT2D eigenvalue weighted by molar-refractivity contribution is 0.236. The molecule has 1 unspecified atom stereocenters. The number of rotatable bonds is 5. The molecule has 22 heavy (non-hydrogen) atoms. The van der Waals surface area contributed by atoms with Crippen molar-refractivity contribution in [2.75, 3.05) is 6.54 Å². The second kappa shape index (κ2) is 6.22. The number of carbonyl (C=O) groups is 1. The van der Waals surface area contributed by atoms with E-state index in [2.05, 4.69) is 20.2 Å². The van der Waals surface area contributed by atoms with Crippen LogP contribution in [0.15, 0.2) is 29.6 Å². The second-order valence-corrected chi connectivity index (χ2v) is 6.71. The number of amides is 2. The van der Waals surface area contributed by atoms with Crippen molar-refractivity contribution in [1.82, 2.24) is 20.2 Å². The highest BCUT2D eigenvalue weighted by Crippen LogP contribution is 2.47. The van der Waals surface area contributed by atoms with Gasteiger partial charge in [-0.2, -0.15) is 0 Å². The van der Waals surface area contributed by atoms with Crippen molar-refractivity contribution in [2.45, 2.75) is 31.2 Å². The van der Waals surface area contributed by atoms with Crippen molar-refractivity contribution < 1.29 is 4.79 Å². The number of benzene rings is 1. The van der Waals surface area contributed by atoms with Gasteiger partial charge in [0, 0.05) is 22.4 Å². The van der Waals surface area contributed by atoms with Crippen LogP contribution in [0.5, 0.6) is 0 Å². The molecule has 3 rings (SSSR count). The summed E-state index contributed by atoms with van der Waals surface area (Å²) in [4.78, 5) is 12.0. The molecule has 1 atom stereocenters. The molecule has 0 radical (unpaired) electrons. The smallest absolute Gasteiger partial charge is 0.315 e. The van der Waals surface area contributed by atoms with E-state index in [9.17, 15) is 4.79 Å². The van der Waals surface area contributed by atoms with Crippen molar-refractivity contribution in [3.8, 4) is 0 Å². The molecule has 2 amide bonds. The Morgan fingerprint density at radius 2 is 2.14 bits per heavy atom. The summed E-state index contributed by atoms with van der Waals surface area (Å²) in [5.41, 5.74) is 2.07. The predicted molar refractivity (Wildman–Crippen MR) is 87.2 cm³/mol. The molecule has 1 aliphatic carbocycles. The van der Waals surface area contributed by atoms with Gasteiger partial charge in [-0.25, -0.2) is 4.79 Å². The summed E-state index contributed by atoms with van der Waals surface area (Å²) < 4.78 is 3.80. The van der Waals surface area contributed by atoms with Gasteiger partial charge in [-0.15, -0.1) is 5.10 Å². The van der Waals surface area contributed by atoms with Gasteiger partial charge in [-0.05, 0) is 49.0 Å². The summed E-state index contributed by atoms with van der Waals surface area (Å²) in [5.74, 6) is 0. The zero-order valence-corrected chi connectivity index (χ0v) is 13.7. The lowest BCUT2D eigenvalue weighted by Gasteiger charge is -2.18. The van der Waals surface area contributed by atoms with Crippen LogP contribution in [0.2, 0.25) is 5.02 Å². The lowest BCUT2D eigenvalue weighted by Crippen LogP contribution is -2.40. The van der Waals surface area contributed by atoms with Crippen LogP contribution in [0.25, 0.3) is 0 Å². The third-order valence-electron chi connectivity index (χ3n) is 4.07. The molecule has 1 fully saturated rings. The zero-order valence-electron chi connectivity index (χ0n) is 12.2. The average molecular weight is 337 g/mol. The number of halogens is 1. The minimum absolute atomic E-state index is 0.0629. The number of hydrogen-bond acceptors (Lipinski definition) is 4. The van der Waals surface area contributed by atoms with Gasteiger partial charge in [0.1, 0.15) is 0 Å². The van der Waals surface area contributed by atoms with Crippen molar-refractivity contribution >= 4 is 29.2 Å². The van der Waals surface area contributed by atoms with Gasteiger partial charge in [0.15, 0.2) is 0 Å². The molecule has 0 aliphatic heterocycles. The Morgan fingerprint density at radius 1 is 1.41 bits per heavy atom. The van der Waals surface area contributed by atoms with Crippen LogP contribution in [0.4, 0.5) is 4.79 Å². The van der Waals surface area contributed by atoms with Crippen molar-refractivity contribution in [1.29, 1.82) is 0 Å². The summed E-state index contributed by atoms with van der Waals surface area (Å²) in [6, 6.07) is 7.55. The van der Waals surface area contributed by atoms with Gasteiger partial charge in [0.05, 0.1) is 11.7 Å². The first kappa shape index (κ1) is 15.2. The third-order valence-corrected chi connectivity index (χ3v) is 4.84. The first-order valence-electron chi connectivity index (χ1n) is 7.16. The molecule has 1 aromatic heterocycles. The molecule has 116 valence electrons. The summed E-state index contributed by atoms with van der Waals surface area (Å²) >= 11 is 7.20. The van der Waals surface area contributed by atoms with E-state index in [1.807, 2.05) is 36.6 Å². The molecular formula is C15H17ClN4OS. The Morgan fingerprint density at radius 3 is 2.73 bits per heavy atom. The molecule has 1 heterocycles. The average Bonchev–Trinajstić information content (AvgIpc) is 3.09. The Labute approximate surface area is 138 Å². The molecule has 2 N–H and O–H groups in total. The quantitative estimate of drug-likeness (QED) is 0.880. The fraction of sp³-hybridized carbons (Fsp3) is 0.400. The Kier molecular flexibility index (Phi) is 4.31. The minimum atomic E-state index is -0.180. The summed E-state index contributed by atoms with van der Waals surface area (Å²) in [5, 5.41) is 12.4. The maximum absolute atomic E-state index is 12.0. The molecule has 5 nitrogen and oxygen atoms in total. The maximum Gasteiger partial charge on any atom is 0.315 e. The molecule has 0 saturated heterocycles. The SMILES string of the molecule is CC(NC(=O)NCC1(c2ccc(Cl)cc2)CC1)c1csnn1. The highest BCUT2D eigenvalue weighted by molar-refractivity contribution is 7.03. The number of nitrogens with zero attached hydrogens (tertiary/aromatic N) is 2. The fourth-order valence-corrected chi connectivity index (χ4v) is 3.13. The predicted octanol–water partition coefficient (Wildman–Crippen LogP) is 3.28. The monoisotopic (exact) mass is 336 g/mol. The van der Waals surface area contributed by atoms with Gasteiger partial charge in [-0.1, -0.05) is 28.2 Å². The van der Waals surface area contributed by atoms with Crippen LogP contribution in [0.3, 0.4) is 0 Å². The zero-order chi connectivity index (χ0) is 15.6. The van der Waals surface area contributed by atoms with Crippen molar-refractivity contribution in [3.05, 3.63) is 45.9 Å². The van der Waals surface area contributed by atoms with E-state index in [1.54, 1.807) is 0 Å². The summed E-state index contributed by atoms with van der Waals surface area (Å²) in [6.45, 7) is 2.52. The second-order valence-electron chi connectivity index (χ2n) is 5.67.